The average Bonchev–Trinajstić information content (AvgIpc) is 2.81. The Morgan fingerprint density at radius 2 is 2.05 bits per heavy atom. The number of alkyl halides is 3. The number of nitrogens with one attached hydrogen (secondary N) is 1. The van der Waals surface area contributed by atoms with Gasteiger partial charge < -0.3 is 5.32 Å². The van der Waals surface area contributed by atoms with E-state index >= 15 is 0 Å². The topological polar surface area (TPSA) is 29.9 Å². The van der Waals surface area contributed by atoms with E-state index in [2.05, 4.69) is 26.3 Å². The molecule has 2 rings (SSSR count). The van der Waals surface area contributed by atoms with Gasteiger partial charge >= 0.3 is 6.18 Å². The molecular formula is C12H11BrF3N3. The molecule has 7 heteroatoms. The summed E-state index contributed by atoms with van der Waals surface area (Å²) in [4.78, 5) is 0. The van der Waals surface area contributed by atoms with Crippen LogP contribution < -0.4 is 5.32 Å². The van der Waals surface area contributed by atoms with Crippen molar-refractivity contribution in [2.24, 2.45) is 0 Å². The van der Waals surface area contributed by atoms with Gasteiger partial charge in [0.25, 0.3) is 0 Å². The van der Waals surface area contributed by atoms with E-state index in [-0.39, 0.29) is 0 Å². The third-order valence-electron chi connectivity index (χ3n) is 2.55. The largest absolute Gasteiger partial charge is 0.435 e. The quantitative estimate of drug-likeness (QED) is 0.933. The van der Waals surface area contributed by atoms with E-state index in [4.69, 9.17) is 0 Å². The molecule has 0 spiro atoms. The fraction of sp³-hybridized carbons (Fsp3) is 0.250. The third-order valence-corrected chi connectivity index (χ3v) is 3.29. The van der Waals surface area contributed by atoms with Gasteiger partial charge in [0, 0.05) is 17.2 Å². The van der Waals surface area contributed by atoms with Gasteiger partial charge in [-0.15, -0.1) is 0 Å². The minimum absolute atomic E-state index is 0.572. The summed E-state index contributed by atoms with van der Waals surface area (Å²) in [6, 6.07) is 6.25. The van der Waals surface area contributed by atoms with E-state index < -0.39 is 11.9 Å². The van der Waals surface area contributed by atoms with Crippen molar-refractivity contribution in [2.75, 3.05) is 7.05 Å². The second-order valence-electron chi connectivity index (χ2n) is 3.95. The molecule has 0 atom stereocenters. The average molecular weight is 334 g/mol. The highest BCUT2D eigenvalue weighted by atomic mass is 79.9. The molecule has 0 aliphatic heterocycles. The third kappa shape index (κ3) is 3.16. The fourth-order valence-electron chi connectivity index (χ4n) is 1.63. The van der Waals surface area contributed by atoms with Gasteiger partial charge in [0.1, 0.15) is 0 Å². The molecule has 1 N–H and O–H groups in total. The van der Waals surface area contributed by atoms with E-state index in [0.29, 0.717) is 12.2 Å². The summed E-state index contributed by atoms with van der Waals surface area (Å²) in [6.45, 7) is 0.674. The summed E-state index contributed by atoms with van der Waals surface area (Å²) >= 11 is 3.39. The molecule has 0 bridgehead atoms. The van der Waals surface area contributed by atoms with E-state index in [0.717, 1.165) is 16.1 Å². The maximum atomic E-state index is 12.5. The van der Waals surface area contributed by atoms with Crippen molar-refractivity contribution >= 4 is 15.9 Å². The van der Waals surface area contributed by atoms with E-state index in [1.807, 2.05) is 13.1 Å². The molecule has 19 heavy (non-hydrogen) atoms. The van der Waals surface area contributed by atoms with Crippen molar-refractivity contribution in [3.63, 3.8) is 0 Å². The minimum Gasteiger partial charge on any atom is -0.316 e. The molecule has 1 aromatic heterocycles. The first kappa shape index (κ1) is 14.1. The van der Waals surface area contributed by atoms with Crippen LogP contribution in [0.15, 0.2) is 34.9 Å². The van der Waals surface area contributed by atoms with Crippen molar-refractivity contribution in [2.45, 2.75) is 12.7 Å². The summed E-state index contributed by atoms with van der Waals surface area (Å²) in [5.41, 5.74) is 0.694. The lowest BCUT2D eigenvalue weighted by atomic mass is 10.2. The van der Waals surface area contributed by atoms with Crippen molar-refractivity contribution in [1.29, 1.82) is 0 Å². The lowest BCUT2D eigenvalue weighted by Gasteiger charge is -2.07. The molecule has 102 valence electrons. The number of benzene rings is 1. The molecule has 3 nitrogen and oxygen atoms in total. The second kappa shape index (κ2) is 5.34. The Bertz CT molecular complexity index is 578. The van der Waals surface area contributed by atoms with Gasteiger partial charge in [-0.1, -0.05) is 22.0 Å². The van der Waals surface area contributed by atoms with Crippen LogP contribution in [0.1, 0.15) is 11.3 Å². The van der Waals surface area contributed by atoms with Crippen LogP contribution >= 0.6 is 15.9 Å². The molecular weight excluding hydrogens is 323 g/mol. The highest BCUT2D eigenvalue weighted by Gasteiger charge is 2.33. The Morgan fingerprint density at radius 1 is 1.32 bits per heavy atom. The van der Waals surface area contributed by atoms with Gasteiger partial charge in [-0.05, 0) is 30.8 Å². The highest BCUT2D eigenvalue weighted by molar-refractivity contribution is 9.10. The van der Waals surface area contributed by atoms with Crippen LogP contribution in [0.5, 0.6) is 0 Å². The smallest absolute Gasteiger partial charge is 0.316 e. The van der Waals surface area contributed by atoms with Crippen molar-refractivity contribution in [3.05, 3.63) is 46.2 Å². The van der Waals surface area contributed by atoms with Gasteiger partial charge in [0.2, 0.25) is 0 Å². The van der Waals surface area contributed by atoms with Crippen LogP contribution in [0, 0.1) is 0 Å². The van der Waals surface area contributed by atoms with Crippen LogP contribution in [0.25, 0.3) is 5.69 Å². The Labute approximate surface area is 116 Å². The summed E-state index contributed by atoms with van der Waals surface area (Å²) in [5, 5.41) is 6.53. The van der Waals surface area contributed by atoms with Crippen molar-refractivity contribution in [3.8, 4) is 5.69 Å². The monoisotopic (exact) mass is 333 g/mol. The van der Waals surface area contributed by atoms with E-state index in [1.165, 1.54) is 10.9 Å². The first-order valence-corrected chi connectivity index (χ1v) is 6.27. The zero-order chi connectivity index (χ0) is 14.0. The lowest BCUT2D eigenvalue weighted by molar-refractivity contribution is -0.141. The molecule has 0 radical (unpaired) electrons. The number of nitrogens with zero attached hydrogens (tertiary/aromatic N) is 2. The van der Waals surface area contributed by atoms with Crippen LogP contribution in [0.4, 0.5) is 13.2 Å². The van der Waals surface area contributed by atoms with Gasteiger partial charge in [0.05, 0.1) is 5.69 Å². The van der Waals surface area contributed by atoms with Gasteiger partial charge in [-0.2, -0.15) is 18.3 Å². The van der Waals surface area contributed by atoms with E-state index in [9.17, 15) is 13.2 Å². The molecule has 0 saturated heterocycles. The number of hydrogen-bond acceptors (Lipinski definition) is 2. The lowest BCUT2D eigenvalue weighted by Crippen LogP contribution is -2.08. The number of aromatic nitrogens is 2. The molecule has 0 aliphatic carbocycles. The van der Waals surface area contributed by atoms with Crippen LogP contribution in [-0.4, -0.2) is 16.8 Å². The van der Waals surface area contributed by atoms with Crippen LogP contribution in [0.2, 0.25) is 0 Å². The molecule has 0 aliphatic rings. The van der Waals surface area contributed by atoms with Crippen LogP contribution in [0.3, 0.4) is 0 Å². The summed E-state index contributed by atoms with van der Waals surface area (Å²) in [6.07, 6.45) is -3.13. The molecule has 0 amide bonds. The van der Waals surface area contributed by atoms with Crippen molar-refractivity contribution in [1.82, 2.24) is 15.1 Å². The normalized spacial score (nSPS) is 11.8. The SMILES string of the molecule is CNCc1ccc(-n2ccc(C(F)(F)F)n2)cc1Br. The fourth-order valence-corrected chi connectivity index (χ4v) is 2.14. The van der Waals surface area contributed by atoms with Gasteiger partial charge in [-0.25, -0.2) is 4.68 Å². The zero-order valence-electron chi connectivity index (χ0n) is 10.0. The maximum absolute atomic E-state index is 12.5. The molecule has 0 fully saturated rings. The highest BCUT2D eigenvalue weighted by Crippen LogP contribution is 2.28. The number of halogens is 4. The summed E-state index contributed by atoms with van der Waals surface area (Å²) < 4.78 is 39.4. The van der Waals surface area contributed by atoms with Crippen molar-refractivity contribution < 1.29 is 13.2 Å². The van der Waals surface area contributed by atoms with Gasteiger partial charge in [-0.3, -0.25) is 0 Å². The first-order valence-electron chi connectivity index (χ1n) is 5.48. The Morgan fingerprint density at radius 3 is 2.58 bits per heavy atom. The minimum atomic E-state index is -4.42. The molecule has 0 unspecified atom stereocenters. The Balaban J connectivity index is 2.32. The predicted octanol–water partition coefficient (Wildman–Crippen LogP) is 3.37. The maximum Gasteiger partial charge on any atom is 0.435 e. The van der Waals surface area contributed by atoms with Gasteiger partial charge in [0.15, 0.2) is 5.69 Å². The Hall–Kier alpha value is -1.34. The summed E-state index contributed by atoms with van der Waals surface area (Å²) in [7, 11) is 1.82. The standard InChI is InChI=1S/C12H11BrF3N3/c1-17-7-8-2-3-9(6-10(8)13)19-5-4-11(18-19)12(14,15)16/h2-6,17H,7H2,1H3. The molecule has 2 aromatic rings. The molecule has 1 aromatic carbocycles. The van der Waals surface area contributed by atoms with E-state index in [1.54, 1.807) is 12.1 Å². The summed E-state index contributed by atoms with van der Waals surface area (Å²) in [5.74, 6) is 0. The molecule has 1 heterocycles. The number of hydrogen-bond donors (Lipinski definition) is 1. The predicted molar refractivity (Wildman–Crippen MR) is 69.0 cm³/mol. The van der Waals surface area contributed by atoms with Crippen LogP contribution in [-0.2, 0) is 12.7 Å². The number of rotatable bonds is 3. The molecule has 0 saturated carbocycles. The second-order valence-corrected chi connectivity index (χ2v) is 4.80. The Kier molecular flexibility index (Phi) is 3.96. The zero-order valence-corrected chi connectivity index (χ0v) is 11.6. The first-order chi connectivity index (χ1) is 8.91.